The fourth-order valence-corrected chi connectivity index (χ4v) is 4.19. The van der Waals surface area contributed by atoms with E-state index < -0.39 is 0 Å². The molecule has 1 aliphatic carbocycles. The maximum atomic E-state index is 12.5. The van der Waals surface area contributed by atoms with Crippen LogP contribution in [0.1, 0.15) is 48.7 Å². The Morgan fingerprint density at radius 2 is 2.12 bits per heavy atom. The monoisotopic (exact) mass is 343 g/mol. The third-order valence-electron chi connectivity index (χ3n) is 5.34. The quantitative estimate of drug-likeness (QED) is 0.791. The lowest BCUT2D eigenvalue weighted by atomic mass is 9.90. The first-order valence-electron chi connectivity index (χ1n) is 9.31. The van der Waals surface area contributed by atoms with Gasteiger partial charge in [0.1, 0.15) is 16.9 Å². The van der Waals surface area contributed by atoms with Crippen molar-refractivity contribution in [2.75, 3.05) is 19.8 Å². The van der Waals surface area contributed by atoms with Gasteiger partial charge >= 0.3 is 5.97 Å². The number of para-hydroxylation sites is 1. The Hall–Kier alpha value is -1.85. The Balaban J connectivity index is 1.66. The fraction of sp³-hybridized carbons (Fsp3) is 0.550. The van der Waals surface area contributed by atoms with Crippen molar-refractivity contribution in [3.8, 4) is 0 Å². The first-order valence-corrected chi connectivity index (χ1v) is 9.31. The van der Waals surface area contributed by atoms with Crippen molar-refractivity contribution in [1.82, 2.24) is 4.90 Å². The van der Waals surface area contributed by atoms with Crippen LogP contribution >= 0.6 is 0 Å². The van der Waals surface area contributed by atoms with Crippen LogP contribution in [0.5, 0.6) is 0 Å². The minimum atomic E-state index is -0.295. The van der Waals surface area contributed by atoms with Gasteiger partial charge in [-0.2, -0.15) is 0 Å². The van der Waals surface area contributed by atoms with Crippen molar-refractivity contribution in [1.29, 1.82) is 0 Å². The summed E-state index contributed by atoms with van der Waals surface area (Å²) < 4.78 is 17.3. The number of benzene rings is 1. The van der Waals surface area contributed by atoms with Gasteiger partial charge in [-0.15, -0.1) is 0 Å². The molecule has 0 spiro atoms. The number of morpholine rings is 1. The SMILES string of the molecule is CCOC(=O)c1c(CN2CCO[C@H]3CCCC[C@H]32)oc2ccccc12. The third-order valence-corrected chi connectivity index (χ3v) is 5.34. The van der Waals surface area contributed by atoms with E-state index in [1.807, 2.05) is 31.2 Å². The molecule has 1 aliphatic heterocycles. The minimum absolute atomic E-state index is 0.295. The predicted molar refractivity (Wildman–Crippen MR) is 94.6 cm³/mol. The average molecular weight is 343 g/mol. The zero-order valence-electron chi connectivity index (χ0n) is 14.7. The first kappa shape index (κ1) is 16.6. The molecule has 25 heavy (non-hydrogen) atoms. The molecule has 134 valence electrons. The number of ether oxygens (including phenoxy) is 2. The van der Waals surface area contributed by atoms with Crippen LogP contribution in [-0.2, 0) is 16.0 Å². The molecule has 5 nitrogen and oxygen atoms in total. The Morgan fingerprint density at radius 3 is 3.00 bits per heavy atom. The number of carbonyl (C=O) groups is 1. The summed E-state index contributed by atoms with van der Waals surface area (Å²) in [7, 11) is 0. The summed E-state index contributed by atoms with van der Waals surface area (Å²) in [6.07, 6.45) is 5.09. The van der Waals surface area contributed by atoms with Crippen LogP contribution in [0.2, 0.25) is 0 Å². The van der Waals surface area contributed by atoms with Gasteiger partial charge in [0.05, 0.1) is 25.9 Å². The molecule has 5 heteroatoms. The number of nitrogens with zero attached hydrogens (tertiary/aromatic N) is 1. The van der Waals surface area contributed by atoms with Gasteiger partial charge < -0.3 is 13.9 Å². The summed E-state index contributed by atoms with van der Waals surface area (Å²) in [5, 5.41) is 0.837. The fourth-order valence-electron chi connectivity index (χ4n) is 4.19. The molecule has 1 aromatic heterocycles. The van der Waals surface area contributed by atoms with Crippen LogP contribution in [0.15, 0.2) is 28.7 Å². The summed E-state index contributed by atoms with van der Waals surface area (Å²) in [6, 6.07) is 8.11. The molecular weight excluding hydrogens is 318 g/mol. The van der Waals surface area contributed by atoms with Gasteiger partial charge in [0.2, 0.25) is 0 Å². The maximum Gasteiger partial charge on any atom is 0.342 e. The Bertz CT molecular complexity index is 751. The predicted octanol–water partition coefficient (Wildman–Crippen LogP) is 3.75. The maximum absolute atomic E-state index is 12.5. The molecule has 2 fully saturated rings. The molecule has 1 saturated carbocycles. The molecule has 2 heterocycles. The van der Waals surface area contributed by atoms with E-state index in [2.05, 4.69) is 4.90 Å². The third kappa shape index (κ3) is 3.18. The van der Waals surface area contributed by atoms with Crippen LogP contribution in [0.25, 0.3) is 11.0 Å². The highest BCUT2D eigenvalue weighted by Gasteiger charge is 2.35. The number of hydrogen-bond donors (Lipinski definition) is 0. The molecule has 1 aromatic carbocycles. The smallest absolute Gasteiger partial charge is 0.342 e. The Morgan fingerprint density at radius 1 is 1.28 bits per heavy atom. The van der Waals surface area contributed by atoms with E-state index in [0.717, 1.165) is 37.0 Å². The lowest BCUT2D eigenvalue weighted by Crippen LogP contribution is -2.52. The standard InChI is InChI=1S/C20H25NO4/c1-2-23-20(22)19-14-7-3-5-9-16(14)25-18(19)13-21-11-12-24-17-10-6-4-8-15(17)21/h3,5,7,9,15,17H,2,4,6,8,10-13H2,1H3/t15-,17+/m1/s1. The first-order chi connectivity index (χ1) is 12.3. The average Bonchev–Trinajstić information content (AvgIpc) is 3.00. The Kier molecular flexibility index (Phi) is 4.77. The molecule has 1 saturated heterocycles. The van der Waals surface area contributed by atoms with Gasteiger partial charge in [-0.1, -0.05) is 31.0 Å². The molecular formula is C20H25NO4. The minimum Gasteiger partial charge on any atom is -0.462 e. The zero-order valence-corrected chi connectivity index (χ0v) is 14.7. The van der Waals surface area contributed by atoms with Crippen molar-refractivity contribution < 1.29 is 18.7 Å². The van der Waals surface area contributed by atoms with Crippen molar-refractivity contribution in [3.05, 3.63) is 35.6 Å². The van der Waals surface area contributed by atoms with Crippen LogP contribution < -0.4 is 0 Å². The number of hydrogen-bond acceptors (Lipinski definition) is 5. The largest absolute Gasteiger partial charge is 0.462 e. The molecule has 0 unspecified atom stereocenters. The summed E-state index contributed by atoms with van der Waals surface area (Å²) in [5.74, 6) is 0.418. The van der Waals surface area contributed by atoms with E-state index in [0.29, 0.717) is 36.6 Å². The second-order valence-corrected chi connectivity index (χ2v) is 6.85. The molecule has 2 atom stereocenters. The molecule has 0 N–H and O–H groups in total. The van der Waals surface area contributed by atoms with Gasteiger partial charge in [-0.05, 0) is 25.8 Å². The number of fused-ring (bicyclic) bond motifs is 2. The number of carbonyl (C=O) groups excluding carboxylic acids is 1. The van der Waals surface area contributed by atoms with Crippen LogP contribution in [0.3, 0.4) is 0 Å². The molecule has 2 aromatic rings. The lowest BCUT2D eigenvalue weighted by molar-refractivity contribution is -0.0926. The van der Waals surface area contributed by atoms with Crippen molar-refractivity contribution in [3.63, 3.8) is 0 Å². The molecule has 4 rings (SSSR count). The summed E-state index contributed by atoms with van der Waals surface area (Å²) >= 11 is 0. The number of furan rings is 1. The molecule has 2 aliphatic rings. The van der Waals surface area contributed by atoms with Gasteiger partial charge in [-0.25, -0.2) is 4.79 Å². The van der Waals surface area contributed by atoms with Crippen LogP contribution in [0, 0.1) is 0 Å². The highest BCUT2D eigenvalue weighted by atomic mass is 16.5. The molecule has 0 bridgehead atoms. The van der Waals surface area contributed by atoms with Gasteiger partial charge in [0.15, 0.2) is 0 Å². The summed E-state index contributed by atoms with van der Waals surface area (Å²) in [6.45, 7) is 4.44. The zero-order chi connectivity index (χ0) is 17.2. The van der Waals surface area contributed by atoms with Crippen molar-refractivity contribution in [2.45, 2.75) is 51.3 Å². The lowest BCUT2D eigenvalue weighted by Gasteiger charge is -2.43. The topological polar surface area (TPSA) is 51.9 Å². The van der Waals surface area contributed by atoms with E-state index in [-0.39, 0.29) is 5.97 Å². The second-order valence-electron chi connectivity index (χ2n) is 6.85. The van der Waals surface area contributed by atoms with E-state index in [1.54, 1.807) is 0 Å². The van der Waals surface area contributed by atoms with E-state index >= 15 is 0 Å². The van der Waals surface area contributed by atoms with Crippen molar-refractivity contribution >= 4 is 16.9 Å². The van der Waals surface area contributed by atoms with Gasteiger partial charge in [0.25, 0.3) is 0 Å². The van der Waals surface area contributed by atoms with Crippen molar-refractivity contribution in [2.24, 2.45) is 0 Å². The number of rotatable bonds is 4. The van der Waals surface area contributed by atoms with Gasteiger partial charge in [0, 0.05) is 18.0 Å². The summed E-state index contributed by atoms with van der Waals surface area (Å²) in [4.78, 5) is 15.0. The summed E-state index contributed by atoms with van der Waals surface area (Å²) in [5.41, 5.74) is 1.32. The van der Waals surface area contributed by atoms with Crippen LogP contribution in [-0.4, -0.2) is 42.8 Å². The Labute approximate surface area is 147 Å². The molecule has 0 amide bonds. The van der Waals surface area contributed by atoms with E-state index in [9.17, 15) is 4.79 Å². The van der Waals surface area contributed by atoms with Gasteiger partial charge in [-0.3, -0.25) is 4.90 Å². The highest BCUT2D eigenvalue weighted by molar-refractivity contribution is 6.04. The van der Waals surface area contributed by atoms with E-state index in [1.165, 1.54) is 12.8 Å². The number of esters is 1. The van der Waals surface area contributed by atoms with Crippen LogP contribution in [0.4, 0.5) is 0 Å². The highest BCUT2D eigenvalue weighted by Crippen LogP contribution is 2.32. The molecule has 0 radical (unpaired) electrons. The normalized spacial score (nSPS) is 24.2. The second kappa shape index (κ2) is 7.18. The van der Waals surface area contributed by atoms with E-state index in [4.69, 9.17) is 13.9 Å².